The normalized spacial score (nSPS) is 11.6. The molecule has 0 unspecified atom stereocenters. The number of aryl methyl sites for hydroxylation is 1. The van der Waals surface area contributed by atoms with Crippen LogP contribution in [0.5, 0.6) is 0 Å². The minimum atomic E-state index is -0.318. The summed E-state index contributed by atoms with van der Waals surface area (Å²) in [4.78, 5) is 8.27. The number of hydrogen-bond donors (Lipinski definition) is 2. The van der Waals surface area contributed by atoms with Gasteiger partial charge < -0.3 is 10.9 Å². The van der Waals surface area contributed by atoms with E-state index in [4.69, 9.17) is 10.9 Å². The van der Waals surface area contributed by atoms with E-state index in [1.807, 2.05) is 0 Å². The Morgan fingerprint density at radius 1 is 1.28 bits per heavy atom. The Labute approximate surface area is 103 Å². The second-order valence-corrected chi connectivity index (χ2v) is 3.68. The number of rotatable bonds is 2. The lowest BCUT2D eigenvalue weighted by Gasteiger charge is -2.05. The minimum Gasteiger partial charge on any atom is -0.409 e. The smallest absolute Gasteiger partial charge is 0.188 e. The fourth-order valence-electron chi connectivity index (χ4n) is 1.52. The first-order valence-electron chi connectivity index (χ1n) is 5.19. The zero-order chi connectivity index (χ0) is 13.1. The second kappa shape index (κ2) is 4.79. The molecular formula is C12H11FN4O. The van der Waals surface area contributed by atoms with Gasteiger partial charge in [-0.25, -0.2) is 14.4 Å². The molecule has 2 rings (SSSR count). The lowest BCUT2D eigenvalue weighted by molar-refractivity contribution is 0.318. The van der Waals surface area contributed by atoms with Gasteiger partial charge in [-0.15, -0.1) is 0 Å². The predicted molar refractivity (Wildman–Crippen MR) is 64.7 cm³/mol. The molecule has 0 aliphatic heterocycles. The van der Waals surface area contributed by atoms with Gasteiger partial charge in [-0.05, 0) is 37.3 Å². The molecule has 0 atom stereocenters. The fraction of sp³-hybridized carbons (Fsp3) is 0.0833. The summed E-state index contributed by atoms with van der Waals surface area (Å²) in [6, 6.07) is 7.47. The highest BCUT2D eigenvalue weighted by Crippen LogP contribution is 2.18. The van der Waals surface area contributed by atoms with E-state index in [2.05, 4.69) is 15.1 Å². The van der Waals surface area contributed by atoms with Crippen LogP contribution in [-0.2, 0) is 0 Å². The quantitative estimate of drug-likeness (QED) is 0.365. The maximum absolute atomic E-state index is 12.8. The van der Waals surface area contributed by atoms with Gasteiger partial charge in [-0.3, -0.25) is 0 Å². The summed E-state index contributed by atoms with van der Waals surface area (Å²) in [5, 5.41) is 11.5. The van der Waals surface area contributed by atoms with Gasteiger partial charge in [0.15, 0.2) is 5.84 Å². The van der Waals surface area contributed by atoms with E-state index in [9.17, 15) is 4.39 Å². The fourth-order valence-corrected chi connectivity index (χ4v) is 1.52. The van der Waals surface area contributed by atoms with Crippen molar-refractivity contribution in [3.8, 4) is 11.3 Å². The molecule has 1 heterocycles. The number of amidine groups is 1. The lowest BCUT2D eigenvalue weighted by Crippen LogP contribution is -2.16. The van der Waals surface area contributed by atoms with Crippen molar-refractivity contribution < 1.29 is 9.60 Å². The van der Waals surface area contributed by atoms with Crippen molar-refractivity contribution in [1.29, 1.82) is 0 Å². The number of benzene rings is 1. The Balaban J connectivity index is 2.51. The average molecular weight is 246 g/mol. The number of oxime groups is 1. The molecule has 0 saturated carbocycles. The van der Waals surface area contributed by atoms with Crippen LogP contribution in [-0.4, -0.2) is 21.0 Å². The highest BCUT2D eigenvalue weighted by molar-refractivity contribution is 5.95. The third-order valence-corrected chi connectivity index (χ3v) is 2.35. The van der Waals surface area contributed by atoms with Gasteiger partial charge in [0.25, 0.3) is 0 Å². The molecular weight excluding hydrogens is 235 g/mol. The monoisotopic (exact) mass is 246 g/mol. The highest BCUT2D eigenvalue weighted by atomic mass is 19.1. The average Bonchev–Trinajstić information content (AvgIpc) is 2.38. The first kappa shape index (κ1) is 12.0. The summed E-state index contributed by atoms with van der Waals surface area (Å²) >= 11 is 0. The molecule has 0 bridgehead atoms. The predicted octanol–water partition coefficient (Wildman–Crippen LogP) is 1.69. The van der Waals surface area contributed by atoms with Crippen LogP contribution in [0.15, 0.2) is 35.5 Å². The van der Waals surface area contributed by atoms with E-state index in [0.717, 1.165) is 5.56 Å². The van der Waals surface area contributed by atoms with E-state index in [0.29, 0.717) is 17.2 Å². The number of nitrogens with zero attached hydrogens (tertiary/aromatic N) is 3. The van der Waals surface area contributed by atoms with Gasteiger partial charge in [-0.1, -0.05) is 5.16 Å². The Hall–Kier alpha value is -2.50. The van der Waals surface area contributed by atoms with Crippen molar-refractivity contribution in [2.75, 3.05) is 0 Å². The van der Waals surface area contributed by atoms with Crippen LogP contribution < -0.4 is 5.73 Å². The molecule has 18 heavy (non-hydrogen) atoms. The maximum atomic E-state index is 12.8. The summed E-state index contributed by atoms with van der Waals surface area (Å²) in [6.45, 7) is 1.70. The van der Waals surface area contributed by atoms with E-state index in [-0.39, 0.29) is 11.7 Å². The molecule has 2 aromatic rings. The van der Waals surface area contributed by atoms with E-state index in [1.54, 1.807) is 25.1 Å². The number of aromatic nitrogens is 2. The van der Waals surface area contributed by atoms with Gasteiger partial charge in [-0.2, -0.15) is 0 Å². The van der Waals surface area contributed by atoms with Gasteiger partial charge in [0.1, 0.15) is 17.3 Å². The number of hydrogen-bond acceptors (Lipinski definition) is 4. The van der Waals surface area contributed by atoms with Crippen molar-refractivity contribution in [2.24, 2.45) is 10.9 Å². The van der Waals surface area contributed by atoms with Crippen LogP contribution in [0.25, 0.3) is 11.3 Å². The molecule has 0 aliphatic rings. The second-order valence-electron chi connectivity index (χ2n) is 3.68. The Morgan fingerprint density at radius 3 is 2.56 bits per heavy atom. The zero-order valence-electron chi connectivity index (χ0n) is 9.63. The Bertz CT molecular complexity index is 596. The molecule has 1 aromatic heterocycles. The van der Waals surface area contributed by atoms with Gasteiger partial charge >= 0.3 is 0 Å². The third-order valence-electron chi connectivity index (χ3n) is 2.35. The van der Waals surface area contributed by atoms with E-state index in [1.165, 1.54) is 12.1 Å². The van der Waals surface area contributed by atoms with Gasteiger partial charge in [0, 0.05) is 5.56 Å². The molecule has 92 valence electrons. The number of halogens is 1. The molecule has 3 N–H and O–H groups in total. The molecule has 0 amide bonds. The van der Waals surface area contributed by atoms with Crippen molar-refractivity contribution in [1.82, 2.24) is 9.97 Å². The summed E-state index contributed by atoms with van der Waals surface area (Å²) in [6.07, 6.45) is 0. The SMILES string of the molecule is Cc1nc(/C(N)=N/O)cc(-c2ccc(F)cc2)n1. The van der Waals surface area contributed by atoms with Crippen molar-refractivity contribution in [2.45, 2.75) is 6.92 Å². The first-order chi connectivity index (χ1) is 8.60. The molecule has 0 radical (unpaired) electrons. The lowest BCUT2D eigenvalue weighted by atomic mass is 10.1. The van der Waals surface area contributed by atoms with E-state index < -0.39 is 0 Å². The Kier molecular flexibility index (Phi) is 3.18. The molecule has 0 aliphatic carbocycles. The topological polar surface area (TPSA) is 84.4 Å². The summed E-state index contributed by atoms with van der Waals surface area (Å²) in [5.74, 6) is 0.0727. The molecule has 0 fully saturated rings. The van der Waals surface area contributed by atoms with E-state index >= 15 is 0 Å². The molecule has 5 nitrogen and oxygen atoms in total. The number of nitrogens with two attached hydrogens (primary N) is 1. The third kappa shape index (κ3) is 2.42. The van der Waals surface area contributed by atoms with Crippen LogP contribution in [0.1, 0.15) is 11.5 Å². The Morgan fingerprint density at radius 2 is 1.94 bits per heavy atom. The van der Waals surface area contributed by atoms with Crippen molar-refractivity contribution in [3.63, 3.8) is 0 Å². The molecule has 0 saturated heterocycles. The minimum absolute atomic E-state index is 0.0936. The summed E-state index contributed by atoms with van der Waals surface area (Å²) < 4.78 is 12.8. The van der Waals surface area contributed by atoms with Crippen LogP contribution in [0.4, 0.5) is 4.39 Å². The zero-order valence-corrected chi connectivity index (χ0v) is 9.63. The maximum Gasteiger partial charge on any atom is 0.188 e. The van der Waals surface area contributed by atoms with Crippen LogP contribution in [0, 0.1) is 12.7 Å². The van der Waals surface area contributed by atoms with Crippen LogP contribution in [0.3, 0.4) is 0 Å². The molecule has 1 aromatic carbocycles. The highest BCUT2D eigenvalue weighted by Gasteiger charge is 2.07. The van der Waals surface area contributed by atoms with Gasteiger partial charge in [0.2, 0.25) is 0 Å². The summed E-state index contributed by atoms with van der Waals surface area (Å²) in [7, 11) is 0. The summed E-state index contributed by atoms with van der Waals surface area (Å²) in [5.41, 5.74) is 7.12. The van der Waals surface area contributed by atoms with Crippen LogP contribution >= 0.6 is 0 Å². The van der Waals surface area contributed by atoms with Crippen molar-refractivity contribution >= 4 is 5.84 Å². The first-order valence-corrected chi connectivity index (χ1v) is 5.19. The standard InChI is InChI=1S/C12H11FN4O/c1-7-15-10(6-11(16-7)12(14)17-18)8-2-4-9(13)5-3-8/h2-6,18H,1H3,(H2,14,17). The molecule has 6 heteroatoms. The van der Waals surface area contributed by atoms with Crippen molar-refractivity contribution in [3.05, 3.63) is 47.7 Å². The largest absolute Gasteiger partial charge is 0.409 e. The van der Waals surface area contributed by atoms with Gasteiger partial charge in [0.05, 0.1) is 5.69 Å². The van der Waals surface area contributed by atoms with Crippen LogP contribution in [0.2, 0.25) is 0 Å². The molecule has 0 spiro atoms.